The van der Waals surface area contributed by atoms with Gasteiger partial charge >= 0.3 is 0 Å². The van der Waals surface area contributed by atoms with Gasteiger partial charge in [-0.25, -0.2) is 4.39 Å². The molecule has 21 heavy (non-hydrogen) atoms. The van der Waals surface area contributed by atoms with Gasteiger partial charge in [-0.15, -0.1) is 0 Å². The molecule has 3 rings (SSSR count). The van der Waals surface area contributed by atoms with Crippen molar-refractivity contribution in [1.29, 1.82) is 0 Å². The van der Waals surface area contributed by atoms with Gasteiger partial charge in [-0.05, 0) is 35.9 Å². The summed E-state index contributed by atoms with van der Waals surface area (Å²) in [6.45, 7) is 1.83. The number of benzene rings is 2. The molecule has 2 aromatic rings. The van der Waals surface area contributed by atoms with Gasteiger partial charge in [0.15, 0.2) is 0 Å². The molecule has 1 atom stereocenters. The van der Waals surface area contributed by atoms with E-state index in [0.29, 0.717) is 5.69 Å². The second-order valence-corrected chi connectivity index (χ2v) is 5.47. The van der Waals surface area contributed by atoms with E-state index >= 15 is 0 Å². The largest absolute Gasteiger partial charge is 0.399 e. The molecule has 0 saturated heterocycles. The lowest BCUT2D eigenvalue weighted by Crippen LogP contribution is -2.23. The first-order valence-corrected chi connectivity index (χ1v) is 7.23. The van der Waals surface area contributed by atoms with Crippen LogP contribution in [0.4, 0.5) is 10.1 Å². The summed E-state index contributed by atoms with van der Waals surface area (Å²) in [6.07, 6.45) is 5.09. The minimum Gasteiger partial charge on any atom is -0.399 e. The summed E-state index contributed by atoms with van der Waals surface area (Å²) in [5.41, 5.74) is 8.10. The second kappa shape index (κ2) is 6.00. The lowest BCUT2D eigenvalue weighted by molar-refractivity contribution is 0.335. The molecule has 1 aliphatic heterocycles. The number of hydrogen-bond acceptors (Lipinski definition) is 2. The van der Waals surface area contributed by atoms with Crippen molar-refractivity contribution in [2.75, 3.05) is 12.3 Å². The third kappa shape index (κ3) is 3.24. The molecule has 0 aromatic heterocycles. The van der Waals surface area contributed by atoms with E-state index in [4.69, 9.17) is 5.73 Å². The molecule has 1 aliphatic rings. The van der Waals surface area contributed by atoms with E-state index in [1.165, 1.54) is 11.6 Å². The molecule has 2 nitrogen and oxygen atoms in total. The van der Waals surface area contributed by atoms with Crippen molar-refractivity contribution in [2.45, 2.75) is 18.9 Å². The average Bonchev–Trinajstić information content (AvgIpc) is 2.49. The molecule has 2 aromatic carbocycles. The normalized spacial score (nSPS) is 18.0. The van der Waals surface area contributed by atoms with Crippen LogP contribution in [-0.2, 0) is 6.54 Å². The maximum atomic E-state index is 14.0. The number of rotatable bonds is 3. The van der Waals surface area contributed by atoms with Gasteiger partial charge in [0.2, 0.25) is 0 Å². The molecule has 0 bridgehead atoms. The predicted molar refractivity (Wildman–Crippen MR) is 84.2 cm³/mol. The van der Waals surface area contributed by atoms with Crippen LogP contribution in [0.5, 0.6) is 0 Å². The average molecular weight is 282 g/mol. The van der Waals surface area contributed by atoms with Crippen molar-refractivity contribution in [2.24, 2.45) is 0 Å². The van der Waals surface area contributed by atoms with Crippen LogP contribution < -0.4 is 5.73 Å². The molecular weight excluding hydrogens is 263 g/mol. The van der Waals surface area contributed by atoms with Crippen LogP contribution in [0.3, 0.4) is 0 Å². The van der Waals surface area contributed by atoms with E-state index in [1.807, 2.05) is 6.07 Å². The smallest absolute Gasteiger partial charge is 0.129 e. The SMILES string of the molecule is Nc1ccc(C2C=CN(Cc3ccccc3)CC2)c(F)c1. The molecule has 0 amide bonds. The molecule has 0 fully saturated rings. The number of nitrogens with two attached hydrogens (primary N) is 1. The van der Waals surface area contributed by atoms with Crippen LogP contribution in [0.2, 0.25) is 0 Å². The molecule has 1 unspecified atom stereocenters. The Balaban J connectivity index is 1.69. The third-order valence-electron chi connectivity index (χ3n) is 3.91. The van der Waals surface area contributed by atoms with Gasteiger partial charge in [-0.1, -0.05) is 42.5 Å². The van der Waals surface area contributed by atoms with E-state index in [2.05, 4.69) is 41.4 Å². The first-order valence-electron chi connectivity index (χ1n) is 7.23. The Kier molecular flexibility index (Phi) is 3.91. The maximum Gasteiger partial charge on any atom is 0.129 e. The van der Waals surface area contributed by atoms with Gasteiger partial charge in [-0.2, -0.15) is 0 Å². The summed E-state index contributed by atoms with van der Waals surface area (Å²) >= 11 is 0. The van der Waals surface area contributed by atoms with Gasteiger partial charge in [-0.3, -0.25) is 0 Å². The van der Waals surface area contributed by atoms with Crippen LogP contribution in [0.15, 0.2) is 60.8 Å². The zero-order chi connectivity index (χ0) is 14.7. The first-order chi connectivity index (χ1) is 10.2. The molecule has 2 N–H and O–H groups in total. The topological polar surface area (TPSA) is 29.3 Å². The molecule has 0 radical (unpaired) electrons. The Bertz CT molecular complexity index is 637. The quantitative estimate of drug-likeness (QED) is 0.865. The number of nitrogen functional groups attached to an aromatic ring is 1. The van der Waals surface area contributed by atoms with Crippen LogP contribution in [0.25, 0.3) is 0 Å². The lowest BCUT2D eigenvalue weighted by atomic mass is 9.92. The monoisotopic (exact) mass is 282 g/mol. The molecule has 0 aliphatic carbocycles. The highest BCUT2D eigenvalue weighted by atomic mass is 19.1. The predicted octanol–water partition coefficient (Wildman–Crippen LogP) is 3.91. The number of hydrogen-bond donors (Lipinski definition) is 1. The third-order valence-corrected chi connectivity index (χ3v) is 3.91. The zero-order valence-corrected chi connectivity index (χ0v) is 11.9. The molecule has 1 heterocycles. The Morgan fingerprint density at radius 3 is 2.62 bits per heavy atom. The summed E-state index contributed by atoms with van der Waals surface area (Å²) in [7, 11) is 0. The van der Waals surface area contributed by atoms with Crippen molar-refractivity contribution in [1.82, 2.24) is 4.90 Å². The molecule has 0 spiro atoms. The Labute approximate surface area is 124 Å². The highest BCUT2D eigenvalue weighted by Gasteiger charge is 2.18. The minimum atomic E-state index is -0.207. The summed E-state index contributed by atoms with van der Waals surface area (Å²) in [5, 5.41) is 0. The highest BCUT2D eigenvalue weighted by Crippen LogP contribution is 2.29. The fourth-order valence-corrected chi connectivity index (χ4v) is 2.75. The van der Waals surface area contributed by atoms with Gasteiger partial charge < -0.3 is 10.6 Å². The maximum absolute atomic E-state index is 14.0. The van der Waals surface area contributed by atoms with Gasteiger partial charge in [0.05, 0.1) is 0 Å². The fraction of sp³-hybridized carbons (Fsp3) is 0.222. The van der Waals surface area contributed by atoms with Gasteiger partial charge in [0.25, 0.3) is 0 Å². The van der Waals surface area contributed by atoms with Crippen molar-refractivity contribution >= 4 is 5.69 Å². The second-order valence-electron chi connectivity index (χ2n) is 5.47. The Morgan fingerprint density at radius 2 is 1.95 bits per heavy atom. The standard InChI is InChI=1S/C18H19FN2/c19-18-12-16(20)6-7-17(18)15-8-10-21(11-9-15)13-14-4-2-1-3-5-14/h1-8,10,12,15H,9,11,13,20H2. The summed E-state index contributed by atoms with van der Waals surface area (Å²) in [4.78, 5) is 2.26. The summed E-state index contributed by atoms with van der Waals surface area (Å²) < 4.78 is 14.0. The first kappa shape index (κ1) is 13.7. The number of anilines is 1. The van der Waals surface area contributed by atoms with Gasteiger partial charge in [0.1, 0.15) is 5.82 Å². The van der Waals surface area contributed by atoms with Crippen molar-refractivity contribution in [3.63, 3.8) is 0 Å². The Morgan fingerprint density at radius 1 is 1.14 bits per heavy atom. The Hall–Kier alpha value is -2.29. The molecule has 108 valence electrons. The molecular formula is C18H19FN2. The highest BCUT2D eigenvalue weighted by molar-refractivity contribution is 5.42. The van der Waals surface area contributed by atoms with E-state index in [1.54, 1.807) is 12.1 Å². The number of halogens is 1. The fourth-order valence-electron chi connectivity index (χ4n) is 2.75. The summed E-state index contributed by atoms with van der Waals surface area (Å²) in [5.74, 6) is -0.0706. The van der Waals surface area contributed by atoms with E-state index in [0.717, 1.165) is 25.1 Å². The van der Waals surface area contributed by atoms with Crippen molar-refractivity contribution in [3.8, 4) is 0 Å². The van der Waals surface area contributed by atoms with Gasteiger partial charge in [0, 0.05) is 24.7 Å². The van der Waals surface area contributed by atoms with Crippen LogP contribution in [0.1, 0.15) is 23.5 Å². The number of allylic oxidation sites excluding steroid dienone is 1. The lowest BCUT2D eigenvalue weighted by Gasteiger charge is -2.28. The van der Waals surface area contributed by atoms with E-state index < -0.39 is 0 Å². The molecule has 0 saturated carbocycles. The van der Waals surface area contributed by atoms with Crippen LogP contribution >= 0.6 is 0 Å². The van der Waals surface area contributed by atoms with E-state index in [-0.39, 0.29) is 11.7 Å². The van der Waals surface area contributed by atoms with Crippen LogP contribution in [0, 0.1) is 5.82 Å². The van der Waals surface area contributed by atoms with Crippen molar-refractivity contribution in [3.05, 3.63) is 77.8 Å². The number of nitrogens with zero attached hydrogens (tertiary/aromatic N) is 1. The van der Waals surface area contributed by atoms with Crippen LogP contribution in [-0.4, -0.2) is 11.4 Å². The molecule has 3 heteroatoms. The summed E-state index contributed by atoms with van der Waals surface area (Å²) in [6, 6.07) is 15.3. The van der Waals surface area contributed by atoms with Crippen molar-refractivity contribution < 1.29 is 4.39 Å². The van der Waals surface area contributed by atoms with E-state index in [9.17, 15) is 4.39 Å². The minimum absolute atomic E-state index is 0.137. The zero-order valence-electron chi connectivity index (χ0n) is 11.9.